The van der Waals surface area contributed by atoms with Gasteiger partial charge in [-0.1, -0.05) is 13.0 Å². The monoisotopic (exact) mass is 329 g/mol. The summed E-state index contributed by atoms with van der Waals surface area (Å²) in [6, 6.07) is 14.5. The first-order chi connectivity index (χ1) is 11.7. The molecule has 0 bridgehead atoms. The summed E-state index contributed by atoms with van der Waals surface area (Å²) >= 11 is 0. The molecule has 128 valence electrons. The molecule has 0 heterocycles. The van der Waals surface area contributed by atoms with Crippen molar-refractivity contribution in [3.05, 3.63) is 54.1 Å². The molecule has 0 radical (unpaired) electrons. The van der Waals surface area contributed by atoms with Crippen molar-refractivity contribution in [3.8, 4) is 17.2 Å². The smallest absolute Gasteiger partial charge is 0.251 e. The quantitative estimate of drug-likeness (QED) is 0.717. The summed E-state index contributed by atoms with van der Waals surface area (Å²) in [5.74, 6) is 2.11. The molecule has 2 aromatic rings. The van der Waals surface area contributed by atoms with E-state index in [4.69, 9.17) is 14.2 Å². The normalized spacial score (nSPS) is 10.1. The Morgan fingerprint density at radius 3 is 2.29 bits per heavy atom. The van der Waals surface area contributed by atoms with Gasteiger partial charge >= 0.3 is 0 Å². The lowest BCUT2D eigenvalue weighted by Crippen LogP contribution is -2.23. The summed E-state index contributed by atoms with van der Waals surface area (Å²) in [7, 11) is 1.63. The highest BCUT2D eigenvalue weighted by Gasteiger charge is 2.05. The Morgan fingerprint density at radius 2 is 1.62 bits per heavy atom. The molecule has 0 aromatic heterocycles. The third kappa shape index (κ3) is 5.50. The Hall–Kier alpha value is -2.69. The molecular formula is C19H23NO4. The molecule has 1 amide bonds. The molecule has 1 N–H and O–H groups in total. The molecular weight excluding hydrogens is 306 g/mol. The van der Waals surface area contributed by atoms with E-state index in [1.807, 2.05) is 37.3 Å². The van der Waals surface area contributed by atoms with Gasteiger partial charge in [0.2, 0.25) is 0 Å². The average Bonchev–Trinajstić information content (AvgIpc) is 2.64. The van der Waals surface area contributed by atoms with Gasteiger partial charge in [-0.25, -0.2) is 0 Å². The molecule has 5 nitrogen and oxygen atoms in total. The summed E-state index contributed by atoms with van der Waals surface area (Å²) < 4.78 is 16.3. The van der Waals surface area contributed by atoms with E-state index in [0.717, 1.165) is 17.9 Å². The number of hydrogen-bond acceptors (Lipinski definition) is 4. The van der Waals surface area contributed by atoms with Crippen LogP contribution in [0.15, 0.2) is 48.5 Å². The first kappa shape index (κ1) is 17.7. The Morgan fingerprint density at radius 1 is 0.958 bits per heavy atom. The van der Waals surface area contributed by atoms with Crippen LogP contribution in [0.2, 0.25) is 0 Å². The van der Waals surface area contributed by atoms with E-state index in [2.05, 4.69) is 5.32 Å². The van der Waals surface area contributed by atoms with Crippen LogP contribution in [-0.4, -0.2) is 32.8 Å². The van der Waals surface area contributed by atoms with E-state index in [1.54, 1.807) is 25.3 Å². The highest BCUT2D eigenvalue weighted by atomic mass is 16.5. The van der Waals surface area contributed by atoms with Gasteiger partial charge in [-0.2, -0.15) is 0 Å². The zero-order valence-electron chi connectivity index (χ0n) is 14.1. The fourth-order valence-electron chi connectivity index (χ4n) is 2.06. The predicted octanol–water partition coefficient (Wildman–Crippen LogP) is 3.29. The SMILES string of the molecule is CCCNC(=O)c1cccc(OCCOc2ccc(OC)cc2)c1. The molecule has 0 spiro atoms. The molecule has 0 saturated carbocycles. The number of nitrogens with one attached hydrogen (secondary N) is 1. The Kier molecular flexibility index (Phi) is 6.95. The second-order valence-corrected chi connectivity index (χ2v) is 5.16. The van der Waals surface area contributed by atoms with Crippen molar-refractivity contribution in [2.24, 2.45) is 0 Å². The van der Waals surface area contributed by atoms with Crippen LogP contribution in [0.4, 0.5) is 0 Å². The van der Waals surface area contributed by atoms with Gasteiger partial charge < -0.3 is 19.5 Å². The van der Waals surface area contributed by atoms with Crippen molar-refractivity contribution in [1.82, 2.24) is 5.32 Å². The van der Waals surface area contributed by atoms with Crippen molar-refractivity contribution < 1.29 is 19.0 Å². The van der Waals surface area contributed by atoms with Gasteiger partial charge in [0.1, 0.15) is 30.5 Å². The first-order valence-electron chi connectivity index (χ1n) is 8.01. The molecule has 0 aliphatic rings. The number of hydrogen-bond donors (Lipinski definition) is 1. The molecule has 0 saturated heterocycles. The maximum absolute atomic E-state index is 11.9. The minimum absolute atomic E-state index is 0.0863. The van der Waals surface area contributed by atoms with Crippen LogP contribution >= 0.6 is 0 Å². The summed E-state index contributed by atoms with van der Waals surface area (Å²) in [4.78, 5) is 11.9. The highest BCUT2D eigenvalue weighted by Crippen LogP contribution is 2.17. The lowest BCUT2D eigenvalue weighted by atomic mass is 10.2. The van der Waals surface area contributed by atoms with Crippen LogP contribution in [0, 0.1) is 0 Å². The second-order valence-electron chi connectivity index (χ2n) is 5.16. The summed E-state index contributed by atoms with van der Waals surface area (Å²) in [6.07, 6.45) is 0.907. The molecule has 0 atom stereocenters. The Labute approximate surface area is 142 Å². The highest BCUT2D eigenvalue weighted by molar-refractivity contribution is 5.94. The van der Waals surface area contributed by atoms with Gasteiger partial charge in [0.25, 0.3) is 5.91 Å². The molecule has 2 aromatic carbocycles. The zero-order chi connectivity index (χ0) is 17.2. The first-order valence-corrected chi connectivity index (χ1v) is 8.01. The van der Waals surface area contributed by atoms with Gasteiger partial charge in [0.15, 0.2) is 0 Å². The van der Waals surface area contributed by atoms with Crippen molar-refractivity contribution in [2.75, 3.05) is 26.9 Å². The molecule has 5 heteroatoms. The average molecular weight is 329 g/mol. The number of carbonyl (C=O) groups is 1. The predicted molar refractivity (Wildman–Crippen MR) is 93.1 cm³/mol. The number of benzene rings is 2. The largest absolute Gasteiger partial charge is 0.497 e. The van der Waals surface area contributed by atoms with Crippen LogP contribution < -0.4 is 19.5 Å². The van der Waals surface area contributed by atoms with E-state index < -0.39 is 0 Å². The minimum atomic E-state index is -0.0863. The van der Waals surface area contributed by atoms with Crippen LogP contribution in [0.5, 0.6) is 17.2 Å². The molecule has 0 fully saturated rings. The molecule has 0 aliphatic carbocycles. The van der Waals surface area contributed by atoms with Crippen LogP contribution in [0.1, 0.15) is 23.7 Å². The lowest BCUT2D eigenvalue weighted by molar-refractivity contribution is 0.0953. The third-order valence-corrected chi connectivity index (χ3v) is 3.31. The van der Waals surface area contributed by atoms with Crippen molar-refractivity contribution in [1.29, 1.82) is 0 Å². The van der Waals surface area contributed by atoms with Gasteiger partial charge in [-0.3, -0.25) is 4.79 Å². The van der Waals surface area contributed by atoms with Gasteiger partial charge in [-0.15, -0.1) is 0 Å². The van der Waals surface area contributed by atoms with E-state index in [1.165, 1.54) is 0 Å². The van der Waals surface area contributed by atoms with Gasteiger partial charge in [0, 0.05) is 12.1 Å². The number of rotatable bonds is 9. The van der Waals surface area contributed by atoms with Crippen LogP contribution in [0.3, 0.4) is 0 Å². The Balaban J connectivity index is 1.78. The Bertz CT molecular complexity index is 640. The molecule has 2 rings (SSSR count). The molecule has 0 aliphatic heterocycles. The second kappa shape index (κ2) is 9.45. The maximum atomic E-state index is 11.9. The number of carbonyl (C=O) groups excluding carboxylic acids is 1. The topological polar surface area (TPSA) is 56.8 Å². The standard InChI is InChI=1S/C19H23NO4/c1-3-11-20-19(21)15-5-4-6-18(14-15)24-13-12-23-17-9-7-16(22-2)8-10-17/h4-10,14H,3,11-13H2,1-2H3,(H,20,21). The number of amides is 1. The van der Waals surface area contributed by atoms with Crippen LogP contribution in [0.25, 0.3) is 0 Å². The van der Waals surface area contributed by atoms with Crippen molar-refractivity contribution in [3.63, 3.8) is 0 Å². The lowest BCUT2D eigenvalue weighted by Gasteiger charge is -2.10. The molecule has 24 heavy (non-hydrogen) atoms. The van der Waals surface area contributed by atoms with E-state index in [9.17, 15) is 4.79 Å². The number of ether oxygens (including phenoxy) is 3. The maximum Gasteiger partial charge on any atom is 0.251 e. The molecule has 0 unspecified atom stereocenters. The summed E-state index contributed by atoms with van der Waals surface area (Å²) in [5.41, 5.74) is 0.594. The fraction of sp³-hybridized carbons (Fsp3) is 0.316. The van der Waals surface area contributed by atoms with Crippen LogP contribution in [-0.2, 0) is 0 Å². The van der Waals surface area contributed by atoms with E-state index in [0.29, 0.717) is 31.1 Å². The minimum Gasteiger partial charge on any atom is -0.497 e. The fourth-order valence-corrected chi connectivity index (χ4v) is 2.06. The van der Waals surface area contributed by atoms with E-state index in [-0.39, 0.29) is 5.91 Å². The summed E-state index contributed by atoms with van der Waals surface area (Å²) in [5, 5.41) is 2.84. The van der Waals surface area contributed by atoms with Gasteiger partial charge in [-0.05, 0) is 48.9 Å². The number of methoxy groups -OCH3 is 1. The van der Waals surface area contributed by atoms with Gasteiger partial charge in [0.05, 0.1) is 7.11 Å². The zero-order valence-corrected chi connectivity index (χ0v) is 14.1. The third-order valence-electron chi connectivity index (χ3n) is 3.31. The van der Waals surface area contributed by atoms with Crippen molar-refractivity contribution in [2.45, 2.75) is 13.3 Å². The summed E-state index contributed by atoms with van der Waals surface area (Å²) in [6.45, 7) is 3.49. The van der Waals surface area contributed by atoms with E-state index >= 15 is 0 Å². The van der Waals surface area contributed by atoms with Crippen molar-refractivity contribution >= 4 is 5.91 Å².